The molecule has 10 heteroatoms. The highest BCUT2D eigenvalue weighted by atomic mass is 16.6. The number of ether oxygens (including phenoxy) is 2. The van der Waals surface area contributed by atoms with Gasteiger partial charge in [-0.1, -0.05) is 0 Å². The SMILES string of the molecule is CCOc1cc(C(=O)NCC(=O)NCc2ccco2)c([N+](=O)[O-])cc1OC. The maximum Gasteiger partial charge on any atom is 0.286 e. The minimum Gasteiger partial charge on any atom is -0.493 e. The van der Waals surface area contributed by atoms with Gasteiger partial charge in [0.1, 0.15) is 11.3 Å². The third kappa shape index (κ3) is 5.21. The number of benzene rings is 1. The minimum atomic E-state index is -0.779. The number of hydrogen-bond acceptors (Lipinski definition) is 7. The van der Waals surface area contributed by atoms with Crippen LogP contribution in [0.25, 0.3) is 0 Å². The molecule has 0 aliphatic rings. The molecule has 2 aromatic rings. The summed E-state index contributed by atoms with van der Waals surface area (Å²) in [7, 11) is 1.34. The van der Waals surface area contributed by atoms with Crippen molar-refractivity contribution in [2.45, 2.75) is 13.5 Å². The maximum atomic E-state index is 12.4. The summed E-state index contributed by atoms with van der Waals surface area (Å²) in [5.74, 6) is -0.365. The number of rotatable bonds is 9. The summed E-state index contributed by atoms with van der Waals surface area (Å²) in [6, 6.07) is 5.70. The first-order valence-electron chi connectivity index (χ1n) is 8.02. The molecule has 2 rings (SSSR count). The van der Waals surface area contributed by atoms with E-state index in [4.69, 9.17) is 13.9 Å². The molecule has 1 heterocycles. The Labute approximate surface area is 154 Å². The highest BCUT2D eigenvalue weighted by Gasteiger charge is 2.25. The van der Waals surface area contributed by atoms with Crippen molar-refractivity contribution in [2.24, 2.45) is 0 Å². The molecule has 0 aliphatic carbocycles. The molecule has 10 nitrogen and oxygen atoms in total. The van der Waals surface area contributed by atoms with Gasteiger partial charge >= 0.3 is 0 Å². The van der Waals surface area contributed by atoms with E-state index in [1.54, 1.807) is 19.1 Å². The first-order valence-corrected chi connectivity index (χ1v) is 8.02. The standard InChI is InChI=1S/C17H19N3O7/c1-3-26-15-7-12(13(20(23)24)8-14(15)25-2)17(22)19-10-16(21)18-9-11-5-4-6-27-11/h4-8H,3,9-10H2,1-2H3,(H,18,21)(H,19,22). The van der Waals surface area contributed by atoms with Gasteiger partial charge in [0.05, 0.1) is 44.1 Å². The lowest BCUT2D eigenvalue weighted by Gasteiger charge is -2.12. The molecule has 1 aromatic heterocycles. The van der Waals surface area contributed by atoms with Crippen LogP contribution in [-0.4, -0.2) is 37.0 Å². The second kappa shape index (κ2) is 9.22. The van der Waals surface area contributed by atoms with E-state index in [9.17, 15) is 19.7 Å². The molecule has 0 fully saturated rings. The van der Waals surface area contributed by atoms with E-state index in [0.717, 1.165) is 6.07 Å². The number of methoxy groups -OCH3 is 1. The molecule has 2 amide bonds. The molecular weight excluding hydrogens is 358 g/mol. The third-order valence-corrected chi connectivity index (χ3v) is 3.47. The normalized spacial score (nSPS) is 10.1. The molecule has 0 unspecified atom stereocenters. The quantitative estimate of drug-likeness (QED) is 0.501. The van der Waals surface area contributed by atoms with Crippen molar-refractivity contribution in [2.75, 3.05) is 20.3 Å². The molecule has 0 saturated carbocycles. The molecule has 2 N–H and O–H groups in total. The fourth-order valence-electron chi connectivity index (χ4n) is 2.23. The fraction of sp³-hybridized carbons (Fsp3) is 0.294. The van der Waals surface area contributed by atoms with Crippen LogP contribution in [0.5, 0.6) is 11.5 Å². The van der Waals surface area contributed by atoms with Gasteiger partial charge in [0.2, 0.25) is 5.91 Å². The van der Waals surface area contributed by atoms with Gasteiger partial charge in [-0.2, -0.15) is 0 Å². The average molecular weight is 377 g/mol. The Bertz CT molecular complexity index is 818. The topological polar surface area (TPSA) is 133 Å². The van der Waals surface area contributed by atoms with E-state index in [2.05, 4.69) is 10.6 Å². The van der Waals surface area contributed by atoms with Gasteiger partial charge in [-0.05, 0) is 19.1 Å². The Morgan fingerprint density at radius 1 is 1.26 bits per heavy atom. The first kappa shape index (κ1) is 19.8. The number of carbonyl (C=O) groups excluding carboxylic acids is 2. The zero-order valence-electron chi connectivity index (χ0n) is 14.8. The van der Waals surface area contributed by atoms with Crippen molar-refractivity contribution >= 4 is 17.5 Å². The van der Waals surface area contributed by atoms with Gasteiger partial charge < -0.3 is 24.5 Å². The smallest absolute Gasteiger partial charge is 0.286 e. The largest absolute Gasteiger partial charge is 0.493 e. The predicted octanol–water partition coefficient (Wildman–Crippen LogP) is 1.64. The molecule has 0 atom stereocenters. The number of nitro groups is 1. The second-order valence-electron chi connectivity index (χ2n) is 5.25. The fourth-order valence-corrected chi connectivity index (χ4v) is 2.23. The van der Waals surface area contributed by atoms with Crippen molar-refractivity contribution in [1.29, 1.82) is 0 Å². The molecule has 0 saturated heterocycles. The zero-order valence-corrected chi connectivity index (χ0v) is 14.8. The number of nitro benzene ring substituents is 1. The third-order valence-electron chi connectivity index (χ3n) is 3.47. The van der Waals surface area contributed by atoms with Gasteiger partial charge in [0.15, 0.2) is 11.5 Å². The summed E-state index contributed by atoms with van der Waals surface area (Å²) in [6.07, 6.45) is 1.47. The Hall–Kier alpha value is -3.56. The van der Waals surface area contributed by atoms with Crippen LogP contribution in [0.15, 0.2) is 34.9 Å². The Kier molecular flexibility index (Phi) is 6.75. The summed E-state index contributed by atoms with van der Waals surface area (Å²) < 4.78 is 15.5. The maximum absolute atomic E-state index is 12.4. The van der Waals surface area contributed by atoms with E-state index in [0.29, 0.717) is 5.76 Å². The first-order chi connectivity index (χ1) is 13.0. The van der Waals surface area contributed by atoms with Gasteiger partial charge in [0, 0.05) is 6.07 Å². The van der Waals surface area contributed by atoms with Crippen molar-refractivity contribution in [3.63, 3.8) is 0 Å². The van der Waals surface area contributed by atoms with Crippen LogP contribution < -0.4 is 20.1 Å². The second-order valence-corrected chi connectivity index (χ2v) is 5.25. The monoisotopic (exact) mass is 377 g/mol. The van der Waals surface area contributed by atoms with Crippen LogP contribution in [0.2, 0.25) is 0 Å². The average Bonchev–Trinajstić information content (AvgIpc) is 3.17. The van der Waals surface area contributed by atoms with E-state index >= 15 is 0 Å². The molecule has 0 radical (unpaired) electrons. The lowest BCUT2D eigenvalue weighted by molar-refractivity contribution is -0.385. The zero-order chi connectivity index (χ0) is 19.8. The van der Waals surface area contributed by atoms with Crippen molar-refractivity contribution in [1.82, 2.24) is 10.6 Å². The number of furan rings is 1. The van der Waals surface area contributed by atoms with Gasteiger partial charge in [-0.3, -0.25) is 19.7 Å². The molecular formula is C17H19N3O7. The number of nitrogens with one attached hydrogen (secondary N) is 2. The number of nitrogens with zero attached hydrogens (tertiary/aromatic N) is 1. The summed E-state index contributed by atoms with van der Waals surface area (Å²) in [5.41, 5.74) is -0.688. The molecule has 1 aromatic carbocycles. The predicted molar refractivity (Wildman–Crippen MR) is 93.7 cm³/mol. The van der Waals surface area contributed by atoms with E-state index in [-0.39, 0.29) is 36.8 Å². The lowest BCUT2D eigenvalue weighted by atomic mass is 10.1. The number of hydrogen-bond donors (Lipinski definition) is 2. The van der Waals surface area contributed by atoms with Crippen LogP contribution in [0.3, 0.4) is 0 Å². The van der Waals surface area contributed by atoms with Crippen LogP contribution in [0.4, 0.5) is 5.69 Å². The lowest BCUT2D eigenvalue weighted by Crippen LogP contribution is -2.36. The highest BCUT2D eigenvalue weighted by molar-refractivity contribution is 6.00. The highest BCUT2D eigenvalue weighted by Crippen LogP contribution is 2.34. The van der Waals surface area contributed by atoms with E-state index in [1.165, 1.54) is 19.4 Å². The minimum absolute atomic E-state index is 0.135. The Morgan fingerprint density at radius 3 is 2.63 bits per heavy atom. The van der Waals surface area contributed by atoms with E-state index < -0.39 is 22.4 Å². The number of amides is 2. The van der Waals surface area contributed by atoms with Gasteiger partial charge in [0.25, 0.3) is 11.6 Å². The molecule has 0 aliphatic heterocycles. The summed E-state index contributed by atoms with van der Waals surface area (Å²) in [4.78, 5) is 34.7. The Morgan fingerprint density at radius 2 is 2.04 bits per heavy atom. The summed E-state index contributed by atoms with van der Waals surface area (Å²) in [5, 5.41) is 16.2. The molecule has 0 bridgehead atoms. The van der Waals surface area contributed by atoms with Crippen LogP contribution in [0, 0.1) is 10.1 Å². The van der Waals surface area contributed by atoms with Crippen LogP contribution in [-0.2, 0) is 11.3 Å². The van der Waals surface area contributed by atoms with Crippen LogP contribution in [0.1, 0.15) is 23.0 Å². The van der Waals surface area contributed by atoms with Gasteiger partial charge in [-0.15, -0.1) is 0 Å². The molecule has 144 valence electrons. The summed E-state index contributed by atoms with van der Waals surface area (Å²) >= 11 is 0. The Balaban J connectivity index is 2.08. The molecule has 0 spiro atoms. The van der Waals surface area contributed by atoms with Crippen molar-refractivity contribution in [3.8, 4) is 11.5 Å². The summed E-state index contributed by atoms with van der Waals surface area (Å²) in [6.45, 7) is 1.82. The van der Waals surface area contributed by atoms with Crippen molar-refractivity contribution in [3.05, 3.63) is 52.0 Å². The van der Waals surface area contributed by atoms with Crippen LogP contribution >= 0.6 is 0 Å². The van der Waals surface area contributed by atoms with Gasteiger partial charge in [-0.25, -0.2) is 0 Å². The molecule has 27 heavy (non-hydrogen) atoms. The number of carbonyl (C=O) groups is 2. The van der Waals surface area contributed by atoms with Crippen molar-refractivity contribution < 1.29 is 28.4 Å². The van der Waals surface area contributed by atoms with E-state index in [1.807, 2.05) is 0 Å².